The number of aromatic amines is 1. The number of hydrogen-bond acceptors (Lipinski definition) is 2. The molecule has 0 bridgehead atoms. The Labute approximate surface area is 48.1 Å². The topological polar surface area (TPSA) is 40.7 Å². The first-order valence-electron chi connectivity index (χ1n) is 2.66. The van der Waals surface area contributed by atoms with Gasteiger partial charge in [0.25, 0.3) is 0 Å². The SMILES string of the molecule is CCNc1ncc[nH]1. The fraction of sp³-hybridized carbons (Fsp3) is 0.400. The summed E-state index contributed by atoms with van der Waals surface area (Å²) < 4.78 is 0. The van der Waals surface area contributed by atoms with Crippen LogP contribution in [0.1, 0.15) is 6.92 Å². The van der Waals surface area contributed by atoms with Crippen LogP contribution in [0.3, 0.4) is 0 Å². The Morgan fingerprint density at radius 3 is 3.25 bits per heavy atom. The van der Waals surface area contributed by atoms with Crippen molar-refractivity contribution in [3.8, 4) is 0 Å². The van der Waals surface area contributed by atoms with Crippen molar-refractivity contribution in [2.75, 3.05) is 11.9 Å². The molecular formula is C5H9N3. The van der Waals surface area contributed by atoms with Crippen LogP contribution in [0.2, 0.25) is 0 Å². The van der Waals surface area contributed by atoms with Crippen molar-refractivity contribution in [3.63, 3.8) is 0 Å². The lowest BCUT2D eigenvalue weighted by Crippen LogP contribution is -1.97. The second-order valence-electron chi connectivity index (χ2n) is 1.47. The Balaban J connectivity index is 2.50. The summed E-state index contributed by atoms with van der Waals surface area (Å²) >= 11 is 0. The molecule has 0 aliphatic rings. The third-order valence-corrected chi connectivity index (χ3v) is 0.842. The average molecular weight is 111 g/mol. The zero-order valence-corrected chi connectivity index (χ0v) is 4.81. The van der Waals surface area contributed by atoms with E-state index in [1.54, 1.807) is 12.4 Å². The van der Waals surface area contributed by atoms with Crippen molar-refractivity contribution >= 4 is 5.95 Å². The molecule has 0 saturated carbocycles. The first kappa shape index (κ1) is 5.15. The molecule has 1 aromatic heterocycles. The predicted molar refractivity (Wildman–Crippen MR) is 32.8 cm³/mol. The fourth-order valence-electron chi connectivity index (χ4n) is 0.529. The number of H-pyrrole nitrogens is 1. The molecular weight excluding hydrogens is 102 g/mol. The van der Waals surface area contributed by atoms with Crippen LogP contribution in [0.5, 0.6) is 0 Å². The molecule has 0 aliphatic carbocycles. The predicted octanol–water partition coefficient (Wildman–Crippen LogP) is 0.841. The van der Waals surface area contributed by atoms with Crippen molar-refractivity contribution in [1.82, 2.24) is 9.97 Å². The summed E-state index contributed by atoms with van der Waals surface area (Å²) in [4.78, 5) is 6.86. The van der Waals surface area contributed by atoms with E-state index in [-0.39, 0.29) is 0 Å². The van der Waals surface area contributed by atoms with Crippen molar-refractivity contribution in [2.24, 2.45) is 0 Å². The van der Waals surface area contributed by atoms with Gasteiger partial charge in [0, 0.05) is 18.9 Å². The van der Waals surface area contributed by atoms with Crippen LogP contribution in [0.15, 0.2) is 12.4 Å². The second kappa shape index (κ2) is 2.35. The summed E-state index contributed by atoms with van der Waals surface area (Å²) in [6, 6.07) is 0. The number of nitrogens with one attached hydrogen (secondary N) is 2. The van der Waals surface area contributed by atoms with E-state index >= 15 is 0 Å². The number of rotatable bonds is 2. The lowest BCUT2D eigenvalue weighted by molar-refractivity contribution is 1.14. The van der Waals surface area contributed by atoms with Gasteiger partial charge in [-0.1, -0.05) is 0 Å². The van der Waals surface area contributed by atoms with E-state index in [2.05, 4.69) is 15.3 Å². The first-order valence-corrected chi connectivity index (χ1v) is 2.66. The van der Waals surface area contributed by atoms with Gasteiger partial charge in [-0.2, -0.15) is 0 Å². The van der Waals surface area contributed by atoms with Gasteiger partial charge < -0.3 is 10.3 Å². The van der Waals surface area contributed by atoms with Crippen LogP contribution in [0.25, 0.3) is 0 Å². The summed E-state index contributed by atoms with van der Waals surface area (Å²) in [5.41, 5.74) is 0. The van der Waals surface area contributed by atoms with Gasteiger partial charge in [0.2, 0.25) is 0 Å². The van der Waals surface area contributed by atoms with E-state index in [1.165, 1.54) is 0 Å². The average Bonchev–Trinajstić information content (AvgIpc) is 2.19. The number of anilines is 1. The van der Waals surface area contributed by atoms with E-state index in [9.17, 15) is 0 Å². The zero-order valence-electron chi connectivity index (χ0n) is 4.81. The first-order chi connectivity index (χ1) is 3.93. The maximum atomic E-state index is 3.94. The fourth-order valence-corrected chi connectivity index (χ4v) is 0.529. The van der Waals surface area contributed by atoms with Gasteiger partial charge >= 0.3 is 0 Å². The van der Waals surface area contributed by atoms with E-state index in [4.69, 9.17) is 0 Å². The Bertz CT molecular complexity index is 133. The quantitative estimate of drug-likeness (QED) is 0.593. The Morgan fingerprint density at radius 1 is 1.88 bits per heavy atom. The van der Waals surface area contributed by atoms with Gasteiger partial charge in [-0.3, -0.25) is 0 Å². The standard InChI is InChI=1S/C5H9N3/c1-2-6-5-7-3-4-8-5/h3-4H,2H2,1H3,(H2,6,7,8). The molecule has 44 valence electrons. The highest BCUT2D eigenvalue weighted by atomic mass is 15.1. The van der Waals surface area contributed by atoms with Crippen molar-refractivity contribution < 1.29 is 0 Å². The van der Waals surface area contributed by atoms with Crippen LogP contribution in [-0.4, -0.2) is 16.5 Å². The van der Waals surface area contributed by atoms with Gasteiger partial charge in [0.15, 0.2) is 5.95 Å². The van der Waals surface area contributed by atoms with E-state index in [0.717, 1.165) is 12.5 Å². The number of aromatic nitrogens is 2. The minimum absolute atomic E-state index is 0.840. The number of nitrogens with zero attached hydrogens (tertiary/aromatic N) is 1. The minimum Gasteiger partial charge on any atom is -0.356 e. The highest BCUT2D eigenvalue weighted by Gasteiger charge is 1.84. The monoisotopic (exact) mass is 111 g/mol. The van der Waals surface area contributed by atoms with Crippen LogP contribution in [0.4, 0.5) is 5.95 Å². The van der Waals surface area contributed by atoms with Crippen LogP contribution >= 0.6 is 0 Å². The molecule has 0 spiro atoms. The van der Waals surface area contributed by atoms with Gasteiger partial charge in [0.1, 0.15) is 0 Å². The third kappa shape index (κ3) is 0.992. The van der Waals surface area contributed by atoms with Gasteiger partial charge in [-0.15, -0.1) is 0 Å². The van der Waals surface area contributed by atoms with Crippen molar-refractivity contribution in [1.29, 1.82) is 0 Å². The molecule has 8 heavy (non-hydrogen) atoms. The van der Waals surface area contributed by atoms with E-state index in [0.29, 0.717) is 0 Å². The smallest absolute Gasteiger partial charge is 0.200 e. The lowest BCUT2D eigenvalue weighted by atomic mass is 10.7. The van der Waals surface area contributed by atoms with E-state index < -0.39 is 0 Å². The Hall–Kier alpha value is -0.990. The zero-order chi connectivity index (χ0) is 5.82. The Kier molecular flexibility index (Phi) is 1.51. The molecule has 0 radical (unpaired) electrons. The molecule has 0 atom stereocenters. The number of imidazole rings is 1. The summed E-state index contributed by atoms with van der Waals surface area (Å²) in [6.07, 6.45) is 3.51. The second-order valence-corrected chi connectivity index (χ2v) is 1.47. The molecule has 3 nitrogen and oxygen atoms in total. The Morgan fingerprint density at radius 2 is 2.75 bits per heavy atom. The molecule has 2 N–H and O–H groups in total. The van der Waals surface area contributed by atoms with Gasteiger partial charge in [0.05, 0.1) is 0 Å². The molecule has 1 aromatic rings. The molecule has 0 aliphatic heterocycles. The molecule has 0 aromatic carbocycles. The summed E-state index contributed by atoms with van der Waals surface area (Å²) in [5.74, 6) is 0.840. The summed E-state index contributed by atoms with van der Waals surface area (Å²) in [7, 11) is 0. The van der Waals surface area contributed by atoms with Crippen molar-refractivity contribution in [3.05, 3.63) is 12.4 Å². The molecule has 0 fully saturated rings. The van der Waals surface area contributed by atoms with Gasteiger partial charge in [-0.25, -0.2) is 4.98 Å². The molecule has 0 amide bonds. The van der Waals surface area contributed by atoms with Crippen LogP contribution < -0.4 is 5.32 Å². The molecule has 1 heterocycles. The maximum absolute atomic E-state index is 3.94. The van der Waals surface area contributed by atoms with E-state index in [1.807, 2.05) is 6.92 Å². The third-order valence-electron chi connectivity index (χ3n) is 0.842. The van der Waals surface area contributed by atoms with Gasteiger partial charge in [-0.05, 0) is 6.92 Å². The summed E-state index contributed by atoms with van der Waals surface area (Å²) in [6.45, 7) is 2.94. The maximum Gasteiger partial charge on any atom is 0.200 e. The van der Waals surface area contributed by atoms with Crippen molar-refractivity contribution in [2.45, 2.75) is 6.92 Å². The minimum atomic E-state index is 0.840. The van der Waals surface area contributed by atoms with Crippen LogP contribution in [-0.2, 0) is 0 Å². The van der Waals surface area contributed by atoms with Crippen LogP contribution in [0, 0.1) is 0 Å². The largest absolute Gasteiger partial charge is 0.356 e. The molecule has 0 unspecified atom stereocenters. The summed E-state index contributed by atoms with van der Waals surface area (Å²) in [5, 5.41) is 3.02. The normalized spacial score (nSPS) is 9.12. The number of hydrogen-bond donors (Lipinski definition) is 2. The highest BCUT2D eigenvalue weighted by Crippen LogP contribution is 1.91. The molecule has 1 rings (SSSR count). The molecule has 3 heteroatoms. The highest BCUT2D eigenvalue weighted by molar-refractivity contribution is 5.21. The lowest BCUT2D eigenvalue weighted by Gasteiger charge is -1.92. The molecule has 0 saturated heterocycles.